The molecule has 16 heavy (non-hydrogen) atoms. The standard InChI is InChI=1S/C10H13BrN2O3/c1-2-16-10(15)7(12)8(14)6-4-3-5-13-9(6)11/h3-5,7-8,14H,2,12H2,1H3/t7-,8-/m0/s1. The average Bonchev–Trinajstić information content (AvgIpc) is 2.28. The summed E-state index contributed by atoms with van der Waals surface area (Å²) in [6.45, 7) is 1.91. The number of hydrogen-bond acceptors (Lipinski definition) is 5. The van der Waals surface area contributed by atoms with E-state index in [9.17, 15) is 9.90 Å². The van der Waals surface area contributed by atoms with Gasteiger partial charge in [0.1, 0.15) is 16.7 Å². The van der Waals surface area contributed by atoms with Crippen LogP contribution in [0.5, 0.6) is 0 Å². The molecule has 0 fully saturated rings. The number of rotatable bonds is 4. The lowest BCUT2D eigenvalue weighted by Gasteiger charge is -2.18. The van der Waals surface area contributed by atoms with Crippen LogP contribution in [0.15, 0.2) is 22.9 Å². The quantitative estimate of drug-likeness (QED) is 0.631. The van der Waals surface area contributed by atoms with Crippen LogP contribution < -0.4 is 5.73 Å². The number of aromatic nitrogens is 1. The van der Waals surface area contributed by atoms with Gasteiger partial charge in [-0.2, -0.15) is 0 Å². The minimum Gasteiger partial charge on any atom is -0.465 e. The summed E-state index contributed by atoms with van der Waals surface area (Å²) in [5.74, 6) is -0.634. The fourth-order valence-corrected chi connectivity index (χ4v) is 1.66. The summed E-state index contributed by atoms with van der Waals surface area (Å²) in [4.78, 5) is 15.3. The molecule has 0 amide bonds. The molecule has 0 radical (unpaired) electrons. The second kappa shape index (κ2) is 5.93. The van der Waals surface area contributed by atoms with E-state index in [2.05, 4.69) is 20.9 Å². The summed E-state index contributed by atoms with van der Waals surface area (Å²) in [5, 5.41) is 9.87. The second-order valence-corrected chi connectivity index (χ2v) is 3.86. The van der Waals surface area contributed by atoms with E-state index < -0.39 is 18.1 Å². The number of esters is 1. The van der Waals surface area contributed by atoms with Gasteiger partial charge < -0.3 is 15.6 Å². The lowest BCUT2D eigenvalue weighted by Crippen LogP contribution is -2.38. The number of nitrogens with zero attached hydrogens (tertiary/aromatic N) is 1. The van der Waals surface area contributed by atoms with Crippen molar-refractivity contribution < 1.29 is 14.6 Å². The number of aliphatic hydroxyl groups excluding tert-OH is 1. The third kappa shape index (κ3) is 3.01. The number of carbonyl (C=O) groups excluding carboxylic acids is 1. The first-order valence-corrected chi connectivity index (χ1v) is 5.58. The van der Waals surface area contributed by atoms with E-state index in [0.29, 0.717) is 10.2 Å². The van der Waals surface area contributed by atoms with E-state index >= 15 is 0 Å². The van der Waals surface area contributed by atoms with E-state index in [-0.39, 0.29) is 6.61 Å². The number of carbonyl (C=O) groups is 1. The smallest absolute Gasteiger partial charge is 0.325 e. The molecule has 2 atom stereocenters. The molecule has 0 aliphatic heterocycles. The van der Waals surface area contributed by atoms with Crippen LogP contribution in [-0.2, 0) is 9.53 Å². The highest BCUT2D eigenvalue weighted by atomic mass is 79.9. The van der Waals surface area contributed by atoms with Gasteiger partial charge in [0.15, 0.2) is 0 Å². The summed E-state index contributed by atoms with van der Waals surface area (Å²) < 4.78 is 5.19. The summed E-state index contributed by atoms with van der Waals surface area (Å²) in [5.41, 5.74) is 6.04. The Hall–Kier alpha value is -0.980. The highest BCUT2D eigenvalue weighted by Gasteiger charge is 2.26. The molecule has 1 heterocycles. The number of hydrogen-bond donors (Lipinski definition) is 2. The molecule has 1 aromatic heterocycles. The SMILES string of the molecule is CCOC(=O)[C@@H](N)[C@@H](O)c1cccnc1Br. The zero-order valence-electron chi connectivity index (χ0n) is 8.76. The largest absolute Gasteiger partial charge is 0.465 e. The van der Waals surface area contributed by atoms with Gasteiger partial charge in [-0.15, -0.1) is 0 Å². The molecule has 3 N–H and O–H groups in total. The molecule has 0 aliphatic rings. The van der Waals surface area contributed by atoms with E-state index in [1.807, 2.05) is 0 Å². The van der Waals surface area contributed by atoms with Crippen LogP contribution in [0.4, 0.5) is 0 Å². The van der Waals surface area contributed by atoms with E-state index in [4.69, 9.17) is 10.5 Å². The van der Waals surface area contributed by atoms with Gasteiger partial charge >= 0.3 is 5.97 Å². The number of nitrogens with two attached hydrogens (primary N) is 1. The molecule has 1 aromatic rings. The Balaban J connectivity index is 2.82. The van der Waals surface area contributed by atoms with Crippen molar-refractivity contribution >= 4 is 21.9 Å². The zero-order chi connectivity index (χ0) is 12.1. The fraction of sp³-hybridized carbons (Fsp3) is 0.400. The Morgan fingerprint density at radius 1 is 1.75 bits per heavy atom. The molecule has 1 rings (SSSR count). The predicted octanol–water partition coefficient (Wildman–Crippen LogP) is 0.768. The van der Waals surface area contributed by atoms with Crippen LogP contribution in [0.1, 0.15) is 18.6 Å². The first-order chi connectivity index (χ1) is 7.57. The molecule has 0 saturated heterocycles. The van der Waals surface area contributed by atoms with Crippen molar-refractivity contribution in [2.45, 2.75) is 19.1 Å². The van der Waals surface area contributed by atoms with Crippen LogP contribution in [-0.4, -0.2) is 28.7 Å². The summed E-state index contributed by atoms with van der Waals surface area (Å²) in [6.07, 6.45) is 0.429. The third-order valence-electron chi connectivity index (χ3n) is 2.01. The predicted molar refractivity (Wildman–Crippen MR) is 61.5 cm³/mol. The van der Waals surface area contributed by atoms with Crippen molar-refractivity contribution in [3.63, 3.8) is 0 Å². The van der Waals surface area contributed by atoms with Gasteiger partial charge in [-0.1, -0.05) is 6.07 Å². The fourth-order valence-electron chi connectivity index (χ4n) is 1.18. The normalized spacial score (nSPS) is 14.2. The summed E-state index contributed by atoms with van der Waals surface area (Å²) >= 11 is 3.17. The Labute approximate surface area is 102 Å². The maximum Gasteiger partial charge on any atom is 0.325 e. The van der Waals surface area contributed by atoms with Crippen LogP contribution in [0, 0.1) is 0 Å². The van der Waals surface area contributed by atoms with Gasteiger partial charge in [0.2, 0.25) is 0 Å². The van der Waals surface area contributed by atoms with Crippen LogP contribution in [0.2, 0.25) is 0 Å². The Bertz CT molecular complexity index is 373. The highest BCUT2D eigenvalue weighted by molar-refractivity contribution is 9.10. The van der Waals surface area contributed by atoms with E-state index in [1.165, 1.54) is 0 Å². The molecule has 6 heteroatoms. The van der Waals surface area contributed by atoms with E-state index in [0.717, 1.165) is 0 Å². The van der Waals surface area contributed by atoms with Crippen LogP contribution >= 0.6 is 15.9 Å². The first-order valence-electron chi connectivity index (χ1n) is 4.78. The van der Waals surface area contributed by atoms with Gasteiger partial charge in [-0.3, -0.25) is 4.79 Å². The zero-order valence-corrected chi connectivity index (χ0v) is 10.3. The summed E-state index contributed by atoms with van der Waals surface area (Å²) in [7, 11) is 0. The minimum absolute atomic E-state index is 0.230. The maximum atomic E-state index is 11.3. The molecular weight excluding hydrogens is 276 g/mol. The molecule has 0 aromatic carbocycles. The Morgan fingerprint density at radius 2 is 2.44 bits per heavy atom. The molecule has 0 bridgehead atoms. The third-order valence-corrected chi connectivity index (χ3v) is 2.67. The molecular formula is C10H13BrN2O3. The number of halogens is 1. The average molecular weight is 289 g/mol. The summed E-state index contributed by atoms with van der Waals surface area (Å²) in [6, 6.07) is 2.18. The first kappa shape index (κ1) is 13.1. The van der Waals surface area contributed by atoms with Gasteiger partial charge in [0.05, 0.1) is 6.61 Å². The van der Waals surface area contributed by atoms with Gasteiger partial charge in [0.25, 0.3) is 0 Å². The van der Waals surface area contributed by atoms with Gasteiger partial charge in [-0.25, -0.2) is 4.98 Å². The number of pyridine rings is 1. The van der Waals surface area contributed by atoms with Crippen molar-refractivity contribution in [3.8, 4) is 0 Å². The van der Waals surface area contributed by atoms with Crippen molar-refractivity contribution in [2.75, 3.05) is 6.61 Å². The van der Waals surface area contributed by atoms with Crippen molar-refractivity contribution in [3.05, 3.63) is 28.5 Å². The van der Waals surface area contributed by atoms with Gasteiger partial charge in [0, 0.05) is 11.8 Å². The molecule has 0 spiro atoms. The topological polar surface area (TPSA) is 85.4 Å². The number of ether oxygens (including phenoxy) is 1. The highest BCUT2D eigenvalue weighted by Crippen LogP contribution is 2.23. The molecule has 0 unspecified atom stereocenters. The molecule has 88 valence electrons. The number of aliphatic hydroxyl groups is 1. The molecule has 0 saturated carbocycles. The molecule has 0 aliphatic carbocycles. The monoisotopic (exact) mass is 288 g/mol. The minimum atomic E-state index is -1.14. The second-order valence-electron chi connectivity index (χ2n) is 3.11. The Morgan fingerprint density at radius 3 is 3.00 bits per heavy atom. The lowest BCUT2D eigenvalue weighted by molar-refractivity contribution is -0.147. The van der Waals surface area contributed by atoms with E-state index in [1.54, 1.807) is 25.3 Å². The van der Waals surface area contributed by atoms with Crippen molar-refractivity contribution in [1.82, 2.24) is 4.98 Å². The maximum absolute atomic E-state index is 11.3. The molecule has 5 nitrogen and oxygen atoms in total. The lowest BCUT2D eigenvalue weighted by atomic mass is 10.1. The van der Waals surface area contributed by atoms with Crippen molar-refractivity contribution in [2.24, 2.45) is 5.73 Å². The Kier molecular flexibility index (Phi) is 4.85. The van der Waals surface area contributed by atoms with Gasteiger partial charge in [-0.05, 0) is 28.9 Å². The van der Waals surface area contributed by atoms with Crippen LogP contribution in [0.3, 0.4) is 0 Å². The van der Waals surface area contributed by atoms with Crippen molar-refractivity contribution in [1.29, 1.82) is 0 Å². The van der Waals surface area contributed by atoms with Crippen LogP contribution in [0.25, 0.3) is 0 Å².